The number of hydrogen-bond donors (Lipinski definition) is 1. The third-order valence-corrected chi connectivity index (χ3v) is 3.59. The molecule has 104 valence electrons. The molecule has 0 spiro atoms. The van der Waals surface area contributed by atoms with Gasteiger partial charge in [-0.1, -0.05) is 11.6 Å². The summed E-state index contributed by atoms with van der Waals surface area (Å²) in [5, 5.41) is 0.567. The second-order valence-electron chi connectivity index (χ2n) is 4.51. The number of nitrogens with zero attached hydrogens (tertiary/aromatic N) is 2. The summed E-state index contributed by atoms with van der Waals surface area (Å²) >= 11 is 5.91. The van der Waals surface area contributed by atoms with Crippen LogP contribution in [0.3, 0.4) is 0 Å². The number of ether oxygens (including phenoxy) is 1. The first-order chi connectivity index (χ1) is 9.11. The van der Waals surface area contributed by atoms with E-state index >= 15 is 0 Å². The van der Waals surface area contributed by atoms with Crippen LogP contribution in [0.5, 0.6) is 0 Å². The number of rotatable bonds is 3. The van der Waals surface area contributed by atoms with Crippen molar-refractivity contribution in [3.63, 3.8) is 0 Å². The summed E-state index contributed by atoms with van der Waals surface area (Å²) < 4.78 is 4.86. The lowest BCUT2D eigenvalue weighted by molar-refractivity contribution is -0.135. The maximum absolute atomic E-state index is 11.7. The van der Waals surface area contributed by atoms with Crippen LogP contribution in [0.15, 0.2) is 18.2 Å². The zero-order chi connectivity index (χ0) is 13.8. The number of anilines is 2. The van der Waals surface area contributed by atoms with Crippen LogP contribution in [-0.2, 0) is 9.53 Å². The van der Waals surface area contributed by atoms with E-state index in [1.54, 1.807) is 6.07 Å². The largest absolute Gasteiger partial charge is 0.397 e. The smallest absolute Gasteiger partial charge is 0.248 e. The van der Waals surface area contributed by atoms with Gasteiger partial charge in [-0.25, -0.2) is 0 Å². The summed E-state index contributed by atoms with van der Waals surface area (Å²) in [5.41, 5.74) is 7.43. The first-order valence-electron chi connectivity index (χ1n) is 6.18. The zero-order valence-corrected chi connectivity index (χ0v) is 11.7. The minimum atomic E-state index is 0.0396. The Balaban J connectivity index is 1.96. The molecule has 0 atom stereocenters. The topological polar surface area (TPSA) is 58.8 Å². The molecule has 1 saturated heterocycles. The van der Waals surface area contributed by atoms with Crippen molar-refractivity contribution in [3.8, 4) is 0 Å². The van der Waals surface area contributed by atoms with Gasteiger partial charge in [0.25, 0.3) is 0 Å². The summed E-state index contributed by atoms with van der Waals surface area (Å²) in [6, 6.07) is 5.62. The fraction of sp³-hybridized carbons (Fsp3) is 0.462. The Hall–Kier alpha value is -1.46. The van der Waals surface area contributed by atoms with Crippen LogP contribution < -0.4 is 10.6 Å². The van der Waals surface area contributed by atoms with E-state index in [-0.39, 0.29) is 12.5 Å². The average Bonchev–Trinajstić information content (AvgIpc) is 2.42. The lowest BCUT2D eigenvalue weighted by Crippen LogP contribution is -2.49. The maximum atomic E-state index is 11.7. The van der Waals surface area contributed by atoms with Crippen molar-refractivity contribution in [2.24, 2.45) is 0 Å². The van der Waals surface area contributed by atoms with Crippen LogP contribution in [0.1, 0.15) is 0 Å². The van der Waals surface area contributed by atoms with E-state index in [1.807, 2.05) is 17.0 Å². The van der Waals surface area contributed by atoms with Crippen LogP contribution >= 0.6 is 11.6 Å². The van der Waals surface area contributed by atoms with Crippen molar-refractivity contribution in [2.75, 3.05) is 50.5 Å². The van der Waals surface area contributed by atoms with Gasteiger partial charge < -0.3 is 20.3 Å². The fourth-order valence-electron chi connectivity index (χ4n) is 2.16. The molecule has 1 heterocycles. The number of hydrogen-bond acceptors (Lipinski definition) is 4. The van der Waals surface area contributed by atoms with E-state index in [2.05, 4.69) is 4.90 Å². The third-order valence-electron chi connectivity index (χ3n) is 3.24. The molecule has 0 aliphatic carbocycles. The number of carbonyl (C=O) groups is 1. The van der Waals surface area contributed by atoms with Crippen molar-refractivity contribution in [1.82, 2.24) is 4.90 Å². The summed E-state index contributed by atoms with van der Waals surface area (Å²) in [5.74, 6) is 0.0396. The highest BCUT2D eigenvalue weighted by Gasteiger charge is 2.21. The Morgan fingerprint density at radius 1 is 1.37 bits per heavy atom. The van der Waals surface area contributed by atoms with E-state index in [1.165, 1.54) is 7.11 Å². The van der Waals surface area contributed by atoms with Gasteiger partial charge in [-0.15, -0.1) is 0 Å². The number of carbonyl (C=O) groups excluding carboxylic acids is 1. The van der Waals surface area contributed by atoms with Crippen LogP contribution in [0.4, 0.5) is 11.4 Å². The monoisotopic (exact) mass is 283 g/mol. The zero-order valence-electron chi connectivity index (χ0n) is 10.9. The molecule has 1 amide bonds. The molecule has 1 aliphatic heterocycles. The van der Waals surface area contributed by atoms with Gasteiger partial charge in [0.1, 0.15) is 6.61 Å². The van der Waals surface area contributed by atoms with Crippen molar-refractivity contribution in [2.45, 2.75) is 0 Å². The van der Waals surface area contributed by atoms with Gasteiger partial charge >= 0.3 is 0 Å². The van der Waals surface area contributed by atoms with Crippen LogP contribution in [0.25, 0.3) is 0 Å². The number of benzene rings is 1. The standard InChI is InChI=1S/C13H18ClN3O2/c1-19-9-13(18)17-6-4-16(5-7-17)10-2-3-11(14)12(15)8-10/h2-3,8H,4-7,9,15H2,1H3. The quantitative estimate of drug-likeness (QED) is 0.848. The summed E-state index contributed by atoms with van der Waals surface area (Å²) in [6.45, 7) is 3.12. The number of nitrogen functional groups attached to an aromatic ring is 1. The normalized spacial score (nSPS) is 15.7. The Morgan fingerprint density at radius 3 is 2.63 bits per heavy atom. The predicted molar refractivity (Wildman–Crippen MR) is 76.5 cm³/mol. The highest BCUT2D eigenvalue weighted by atomic mass is 35.5. The van der Waals surface area contributed by atoms with E-state index in [9.17, 15) is 4.79 Å². The summed E-state index contributed by atoms with van der Waals surface area (Å²) in [7, 11) is 1.53. The van der Waals surface area contributed by atoms with E-state index in [0.717, 1.165) is 18.8 Å². The molecular formula is C13H18ClN3O2. The van der Waals surface area contributed by atoms with Gasteiger partial charge in [-0.2, -0.15) is 0 Å². The summed E-state index contributed by atoms with van der Waals surface area (Å²) in [4.78, 5) is 15.7. The molecule has 2 N–H and O–H groups in total. The molecule has 19 heavy (non-hydrogen) atoms. The Kier molecular flexibility index (Phi) is 4.50. The predicted octanol–water partition coefficient (Wildman–Crippen LogP) is 1.22. The minimum Gasteiger partial charge on any atom is -0.397 e. The molecule has 0 aromatic heterocycles. The second-order valence-corrected chi connectivity index (χ2v) is 4.91. The van der Waals surface area contributed by atoms with Crippen molar-refractivity contribution in [3.05, 3.63) is 23.2 Å². The SMILES string of the molecule is COCC(=O)N1CCN(c2ccc(Cl)c(N)c2)CC1. The molecule has 2 rings (SSSR count). The number of halogens is 1. The van der Waals surface area contributed by atoms with Crippen molar-refractivity contribution in [1.29, 1.82) is 0 Å². The lowest BCUT2D eigenvalue weighted by Gasteiger charge is -2.36. The molecule has 6 heteroatoms. The van der Waals surface area contributed by atoms with E-state index in [4.69, 9.17) is 22.1 Å². The highest BCUT2D eigenvalue weighted by molar-refractivity contribution is 6.33. The van der Waals surface area contributed by atoms with Gasteiger partial charge in [0.15, 0.2) is 0 Å². The molecule has 0 unspecified atom stereocenters. The van der Waals surface area contributed by atoms with Gasteiger partial charge in [0, 0.05) is 39.0 Å². The fourth-order valence-corrected chi connectivity index (χ4v) is 2.27. The molecule has 1 aliphatic rings. The summed E-state index contributed by atoms with van der Waals surface area (Å²) in [6.07, 6.45) is 0. The average molecular weight is 284 g/mol. The van der Waals surface area contributed by atoms with Gasteiger partial charge in [0.2, 0.25) is 5.91 Å². The molecule has 0 radical (unpaired) electrons. The lowest BCUT2D eigenvalue weighted by atomic mass is 10.2. The molecule has 5 nitrogen and oxygen atoms in total. The maximum Gasteiger partial charge on any atom is 0.248 e. The van der Waals surface area contributed by atoms with E-state index in [0.29, 0.717) is 23.8 Å². The third kappa shape index (κ3) is 3.30. The first kappa shape index (κ1) is 14.0. The highest BCUT2D eigenvalue weighted by Crippen LogP contribution is 2.25. The number of piperazine rings is 1. The molecular weight excluding hydrogens is 266 g/mol. The van der Waals surface area contributed by atoms with Crippen molar-refractivity contribution < 1.29 is 9.53 Å². The Labute approximate surface area is 117 Å². The van der Waals surface area contributed by atoms with Gasteiger partial charge in [-0.3, -0.25) is 4.79 Å². The molecule has 0 bridgehead atoms. The molecule has 1 fully saturated rings. The Morgan fingerprint density at radius 2 is 2.05 bits per heavy atom. The van der Waals surface area contributed by atoms with Crippen molar-refractivity contribution >= 4 is 28.9 Å². The van der Waals surface area contributed by atoms with Crippen LogP contribution in [0, 0.1) is 0 Å². The van der Waals surface area contributed by atoms with Gasteiger partial charge in [0.05, 0.1) is 10.7 Å². The molecule has 1 aromatic carbocycles. The van der Waals surface area contributed by atoms with Crippen LogP contribution in [-0.4, -0.2) is 50.7 Å². The number of nitrogens with two attached hydrogens (primary N) is 1. The number of amides is 1. The molecule has 0 saturated carbocycles. The Bertz CT molecular complexity index is 459. The number of methoxy groups -OCH3 is 1. The van der Waals surface area contributed by atoms with E-state index < -0.39 is 0 Å². The minimum absolute atomic E-state index is 0.0396. The second kappa shape index (κ2) is 6.12. The van der Waals surface area contributed by atoms with Crippen LogP contribution in [0.2, 0.25) is 5.02 Å². The molecule has 1 aromatic rings. The van der Waals surface area contributed by atoms with Gasteiger partial charge in [-0.05, 0) is 18.2 Å². The first-order valence-corrected chi connectivity index (χ1v) is 6.56.